The molecule has 172 valence electrons. The van der Waals surface area contributed by atoms with Crippen LogP contribution >= 0.6 is 35.1 Å². The molecule has 2 fully saturated rings. The Morgan fingerprint density at radius 3 is 2.39 bits per heavy atom. The molecule has 0 spiro atoms. The number of benzene rings is 2. The quantitative estimate of drug-likeness (QED) is 0.404. The predicted octanol–water partition coefficient (Wildman–Crippen LogP) is 7.77. The first-order valence-electron chi connectivity index (χ1n) is 11.8. The zero-order chi connectivity index (χ0) is 22.9. The molecule has 1 saturated heterocycles. The third-order valence-electron chi connectivity index (χ3n) is 6.55. The summed E-state index contributed by atoms with van der Waals surface area (Å²) < 4.78 is 0. The zero-order valence-electron chi connectivity index (χ0n) is 19.0. The van der Waals surface area contributed by atoms with Gasteiger partial charge in [0.15, 0.2) is 5.17 Å². The van der Waals surface area contributed by atoms with Gasteiger partial charge in [0.1, 0.15) is 9.93 Å². The Morgan fingerprint density at radius 2 is 1.70 bits per heavy atom. The highest BCUT2D eigenvalue weighted by molar-refractivity contribution is 8.19. The van der Waals surface area contributed by atoms with Gasteiger partial charge in [-0.1, -0.05) is 54.8 Å². The number of carbonyl (C=O) groups is 1. The summed E-state index contributed by atoms with van der Waals surface area (Å²) >= 11 is 9.37. The summed E-state index contributed by atoms with van der Waals surface area (Å²) in [7, 11) is 0. The Bertz CT molecular complexity index is 1120. The number of thioether (sulfide) groups is 2. The first-order chi connectivity index (χ1) is 16.1. The molecule has 0 aromatic heterocycles. The number of halogens is 1. The summed E-state index contributed by atoms with van der Waals surface area (Å²) in [5.74, 6) is 0.709. The smallest absolute Gasteiger partial charge is 0.269 e. The molecular weight excluding hydrogens is 470 g/mol. The van der Waals surface area contributed by atoms with Crippen molar-refractivity contribution in [2.75, 3.05) is 18.0 Å². The van der Waals surface area contributed by atoms with Crippen LogP contribution < -0.4 is 4.90 Å². The number of rotatable bonds is 4. The van der Waals surface area contributed by atoms with Gasteiger partial charge in [0, 0.05) is 23.0 Å². The van der Waals surface area contributed by atoms with E-state index in [9.17, 15) is 4.79 Å². The summed E-state index contributed by atoms with van der Waals surface area (Å²) in [5, 5.41) is 2.43. The molecule has 3 aliphatic rings. The van der Waals surface area contributed by atoms with Crippen LogP contribution in [-0.4, -0.2) is 29.1 Å². The summed E-state index contributed by atoms with van der Waals surface area (Å²) in [6, 6.07) is 14.6. The molecule has 1 amide bonds. The van der Waals surface area contributed by atoms with Crippen LogP contribution in [0.15, 0.2) is 62.3 Å². The van der Waals surface area contributed by atoms with Crippen molar-refractivity contribution in [2.24, 2.45) is 4.99 Å². The van der Waals surface area contributed by atoms with E-state index < -0.39 is 0 Å². The maximum atomic E-state index is 13.4. The number of fused-ring (bicyclic) bond motifs is 1. The molecule has 5 rings (SSSR count). The Labute approximate surface area is 209 Å². The third-order valence-corrected chi connectivity index (χ3v) is 9.16. The second-order valence-corrected chi connectivity index (χ2v) is 11.0. The number of likely N-dealkylation sites (N-methyl/N-ethyl adjacent to an activating group) is 1. The van der Waals surface area contributed by atoms with Crippen molar-refractivity contribution in [2.45, 2.75) is 56.8 Å². The van der Waals surface area contributed by atoms with Crippen LogP contribution in [0.25, 0.3) is 0 Å². The molecule has 1 saturated carbocycles. The lowest BCUT2D eigenvalue weighted by Crippen LogP contribution is -2.29. The number of aliphatic imine (C=N–C) groups is 1. The molecular formula is C26H28ClN3OS2. The van der Waals surface area contributed by atoms with E-state index in [1.807, 2.05) is 25.1 Å². The van der Waals surface area contributed by atoms with Crippen molar-refractivity contribution in [3.8, 4) is 0 Å². The summed E-state index contributed by atoms with van der Waals surface area (Å²) in [4.78, 5) is 24.1. The number of nitrogens with zero attached hydrogens (tertiary/aromatic N) is 3. The van der Waals surface area contributed by atoms with Gasteiger partial charge in [0.05, 0.1) is 11.4 Å². The molecule has 7 heteroatoms. The van der Waals surface area contributed by atoms with Gasteiger partial charge in [-0.3, -0.25) is 9.69 Å². The van der Waals surface area contributed by atoms with E-state index >= 15 is 0 Å². The van der Waals surface area contributed by atoms with Gasteiger partial charge in [-0.15, -0.1) is 0 Å². The Hall–Kier alpha value is -1.89. The number of hydrogen-bond acceptors (Lipinski definition) is 5. The second kappa shape index (κ2) is 9.77. The monoisotopic (exact) mass is 497 g/mol. The Kier molecular flexibility index (Phi) is 6.77. The van der Waals surface area contributed by atoms with Gasteiger partial charge in [-0.25, -0.2) is 4.99 Å². The fraction of sp³-hybridized carbons (Fsp3) is 0.385. The van der Waals surface area contributed by atoms with Crippen LogP contribution in [-0.2, 0) is 4.79 Å². The third kappa shape index (κ3) is 4.45. The average molecular weight is 498 g/mol. The van der Waals surface area contributed by atoms with E-state index in [0.717, 1.165) is 37.9 Å². The minimum atomic E-state index is 0.0277. The molecule has 0 unspecified atom stereocenters. The molecule has 0 atom stereocenters. The van der Waals surface area contributed by atoms with Gasteiger partial charge in [0.2, 0.25) is 0 Å². The van der Waals surface area contributed by atoms with Crippen LogP contribution in [0.5, 0.6) is 0 Å². The van der Waals surface area contributed by atoms with E-state index in [4.69, 9.17) is 16.6 Å². The lowest BCUT2D eigenvalue weighted by atomic mass is 9.84. The molecule has 2 aromatic rings. The van der Waals surface area contributed by atoms with Crippen molar-refractivity contribution >= 4 is 57.6 Å². The van der Waals surface area contributed by atoms with Gasteiger partial charge >= 0.3 is 0 Å². The van der Waals surface area contributed by atoms with Crippen LogP contribution in [0.4, 0.5) is 11.4 Å². The van der Waals surface area contributed by atoms with Crippen molar-refractivity contribution < 1.29 is 4.79 Å². The largest absolute Gasteiger partial charge is 0.334 e. The molecule has 0 radical (unpaired) electrons. The minimum absolute atomic E-state index is 0.0277. The number of carbonyl (C=O) groups excluding carboxylic acids is 1. The molecule has 4 nitrogen and oxygen atoms in total. The summed E-state index contributed by atoms with van der Waals surface area (Å²) in [6.07, 6.45) is 6.61. The molecule has 0 N–H and O–H groups in total. The first-order valence-corrected chi connectivity index (χ1v) is 13.8. The van der Waals surface area contributed by atoms with Crippen molar-refractivity contribution in [3.05, 3.63) is 63.0 Å². The molecule has 0 bridgehead atoms. The second-order valence-electron chi connectivity index (χ2n) is 8.56. The minimum Gasteiger partial charge on any atom is -0.334 e. The predicted molar refractivity (Wildman–Crippen MR) is 142 cm³/mol. The summed E-state index contributed by atoms with van der Waals surface area (Å²) in [5.41, 5.74) is 3.38. The van der Waals surface area contributed by atoms with E-state index in [0.29, 0.717) is 17.5 Å². The highest BCUT2D eigenvalue weighted by Crippen LogP contribution is 2.51. The van der Waals surface area contributed by atoms with Gasteiger partial charge in [0.25, 0.3) is 5.91 Å². The van der Waals surface area contributed by atoms with E-state index in [1.165, 1.54) is 49.4 Å². The molecule has 1 aliphatic carbocycles. The van der Waals surface area contributed by atoms with E-state index in [-0.39, 0.29) is 5.91 Å². The standard InChI is InChI=1S/C26H28ClN3OS2/c1-3-29-21-16-19(27)12-15-22(21)32-25(29)23-24(31)30(4-2)26(33-23)28-20-13-10-18(11-14-20)17-8-6-5-7-9-17/h10-17H,3-9H2,1-2H3. The lowest BCUT2D eigenvalue weighted by molar-refractivity contribution is -0.122. The van der Waals surface area contributed by atoms with Crippen molar-refractivity contribution in [1.82, 2.24) is 4.90 Å². The van der Waals surface area contributed by atoms with Crippen molar-refractivity contribution in [3.63, 3.8) is 0 Å². The average Bonchev–Trinajstić information content (AvgIpc) is 3.36. The lowest BCUT2D eigenvalue weighted by Gasteiger charge is -2.21. The van der Waals surface area contributed by atoms with Crippen LogP contribution in [0.2, 0.25) is 5.02 Å². The van der Waals surface area contributed by atoms with E-state index in [2.05, 4.69) is 36.1 Å². The highest BCUT2D eigenvalue weighted by Gasteiger charge is 2.39. The molecule has 33 heavy (non-hydrogen) atoms. The Balaban J connectivity index is 1.43. The van der Waals surface area contributed by atoms with Gasteiger partial charge < -0.3 is 4.90 Å². The first kappa shape index (κ1) is 22.9. The number of amidine groups is 1. The molecule has 2 aliphatic heterocycles. The zero-order valence-corrected chi connectivity index (χ0v) is 21.4. The fourth-order valence-electron chi connectivity index (χ4n) is 4.80. The molecule has 2 heterocycles. The van der Waals surface area contributed by atoms with Gasteiger partial charge in [-0.05, 0) is 80.3 Å². The maximum Gasteiger partial charge on any atom is 0.269 e. The van der Waals surface area contributed by atoms with Crippen molar-refractivity contribution in [1.29, 1.82) is 0 Å². The highest BCUT2D eigenvalue weighted by atomic mass is 35.5. The normalized spacial score (nSPS) is 22.5. The molecule has 2 aromatic carbocycles. The SMILES string of the molecule is CCN1C(=O)C(=C2Sc3ccc(Cl)cc3N2CC)SC1=Nc1ccc(C2CCCCC2)cc1. The topological polar surface area (TPSA) is 35.9 Å². The number of hydrogen-bond donors (Lipinski definition) is 0. The van der Waals surface area contributed by atoms with Crippen LogP contribution in [0.3, 0.4) is 0 Å². The van der Waals surface area contributed by atoms with Crippen LogP contribution in [0, 0.1) is 0 Å². The number of amides is 1. The van der Waals surface area contributed by atoms with Crippen LogP contribution in [0.1, 0.15) is 57.4 Å². The Morgan fingerprint density at radius 1 is 0.970 bits per heavy atom. The fourth-order valence-corrected chi connectivity index (χ4v) is 7.41. The maximum absolute atomic E-state index is 13.4. The number of anilines is 1. The summed E-state index contributed by atoms with van der Waals surface area (Å²) in [6.45, 7) is 5.47. The van der Waals surface area contributed by atoms with E-state index in [1.54, 1.807) is 16.7 Å². The van der Waals surface area contributed by atoms with Gasteiger partial charge in [-0.2, -0.15) is 0 Å².